The molecule has 0 radical (unpaired) electrons. The fourth-order valence-corrected chi connectivity index (χ4v) is 3.42. The molecule has 0 spiro atoms. The van der Waals surface area contributed by atoms with Crippen LogP contribution in [0.5, 0.6) is 0 Å². The lowest BCUT2D eigenvalue weighted by Gasteiger charge is -2.05. The number of hydrogen-bond acceptors (Lipinski definition) is 6. The normalized spacial score (nSPS) is 13.4. The molecule has 0 aliphatic carbocycles. The fourth-order valence-electron chi connectivity index (χ4n) is 2.78. The molecular formula is C19H13Cl3N6O3. The number of aliphatic carboxylic acids is 1. The van der Waals surface area contributed by atoms with Crippen molar-refractivity contribution in [3.63, 3.8) is 0 Å². The maximum atomic E-state index is 10.8. The van der Waals surface area contributed by atoms with Crippen LogP contribution < -0.4 is 0 Å². The molecule has 1 aromatic carbocycles. The Morgan fingerprint density at radius 3 is 2.71 bits per heavy atom. The van der Waals surface area contributed by atoms with Gasteiger partial charge in [-0.15, -0.1) is 5.10 Å². The Bertz CT molecular complexity index is 1230. The average Bonchev–Trinajstić information content (AvgIpc) is 3.29. The number of aromatic nitrogens is 5. The van der Waals surface area contributed by atoms with E-state index in [1.807, 2.05) is 0 Å². The van der Waals surface area contributed by atoms with E-state index < -0.39 is 5.97 Å². The van der Waals surface area contributed by atoms with Crippen LogP contribution in [0.2, 0.25) is 15.1 Å². The Morgan fingerprint density at radius 1 is 1.19 bits per heavy atom. The smallest absolute Gasteiger partial charge is 0.325 e. The van der Waals surface area contributed by atoms with Gasteiger partial charge in [-0.2, -0.15) is 5.10 Å². The van der Waals surface area contributed by atoms with Crippen LogP contribution in [-0.4, -0.2) is 41.6 Å². The van der Waals surface area contributed by atoms with Crippen molar-refractivity contribution in [1.82, 2.24) is 24.8 Å². The molecule has 1 aliphatic rings. The highest BCUT2D eigenvalue weighted by atomic mass is 35.5. The van der Waals surface area contributed by atoms with Crippen molar-refractivity contribution in [1.29, 1.82) is 0 Å². The molecule has 0 atom stereocenters. The van der Waals surface area contributed by atoms with Gasteiger partial charge >= 0.3 is 5.97 Å². The summed E-state index contributed by atoms with van der Waals surface area (Å²) in [5.74, 6) is -0.718. The Labute approximate surface area is 190 Å². The number of halogens is 3. The summed E-state index contributed by atoms with van der Waals surface area (Å²) in [4.78, 5) is 16.3. The summed E-state index contributed by atoms with van der Waals surface area (Å²) in [7, 11) is 0. The molecule has 0 bridgehead atoms. The van der Waals surface area contributed by atoms with Gasteiger partial charge in [-0.05, 0) is 29.8 Å². The minimum Gasteiger partial charge on any atom is -0.480 e. The molecule has 12 heteroatoms. The van der Waals surface area contributed by atoms with Gasteiger partial charge < -0.3 is 9.94 Å². The van der Waals surface area contributed by atoms with Crippen molar-refractivity contribution in [3.8, 4) is 0 Å². The van der Waals surface area contributed by atoms with Gasteiger partial charge in [0.05, 0.1) is 27.8 Å². The molecule has 158 valence electrons. The molecule has 9 nitrogen and oxygen atoms in total. The van der Waals surface area contributed by atoms with E-state index in [1.54, 1.807) is 35.2 Å². The van der Waals surface area contributed by atoms with Crippen molar-refractivity contribution in [2.45, 2.75) is 19.5 Å². The molecule has 0 fully saturated rings. The highest BCUT2D eigenvalue weighted by Gasteiger charge is 2.15. The van der Waals surface area contributed by atoms with E-state index in [0.717, 1.165) is 5.56 Å². The first-order valence-electron chi connectivity index (χ1n) is 8.87. The second kappa shape index (κ2) is 8.95. The van der Waals surface area contributed by atoms with Crippen molar-refractivity contribution in [2.24, 2.45) is 5.16 Å². The molecule has 0 saturated carbocycles. The molecule has 0 unspecified atom stereocenters. The van der Waals surface area contributed by atoms with Crippen LogP contribution in [0.3, 0.4) is 0 Å². The molecule has 1 aliphatic heterocycles. The number of hydrogen-bond donors (Lipinski definition) is 1. The van der Waals surface area contributed by atoms with Gasteiger partial charge in [-0.1, -0.05) is 50.9 Å². The Hall–Kier alpha value is -3.10. The number of benzene rings is 1. The molecular weight excluding hydrogens is 467 g/mol. The van der Waals surface area contributed by atoms with E-state index in [0.29, 0.717) is 45.1 Å². The zero-order valence-corrected chi connectivity index (χ0v) is 17.9. The number of carboxylic acid groups (broad SMARTS) is 1. The van der Waals surface area contributed by atoms with Gasteiger partial charge in [0.15, 0.2) is 0 Å². The van der Waals surface area contributed by atoms with Crippen molar-refractivity contribution in [3.05, 3.63) is 74.4 Å². The Kier molecular flexibility index (Phi) is 6.11. The molecule has 2 aromatic heterocycles. The van der Waals surface area contributed by atoms with E-state index in [-0.39, 0.29) is 12.3 Å². The zero-order valence-electron chi connectivity index (χ0n) is 15.7. The van der Waals surface area contributed by atoms with Crippen LogP contribution >= 0.6 is 34.8 Å². The third-order valence-electron chi connectivity index (χ3n) is 4.17. The summed E-state index contributed by atoms with van der Waals surface area (Å²) in [5.41, 5.74) is 5.27. The van der Waals surface area contributed by atoms with Gasteiger partial charge in [0, 0.05) is 12.6 Å². The Morgan fingerprint density at radius 2 is 1.97 bits per heavy atom. The predicted octanol–water partition coefficient (Wildman–Crippen LogP) is 3.89. The maximum absolute atomic E-state index is 10.8. The number of carbonyl (C=O) groups is 1. The van der Waals surface area contributed by atoms with E-state index >= 15 is 0 Å². The number of carboxylic acids is 1. The topological polar surface area (TPSA) is 107 Å². The Balaban J connectivity index is 1.47. The van der Waals surface area contributed by atoms with Crippen LogP contribution in [0, 0.1) is 0 Å². The number of nitrogens with zero attached hydrogens (tertiary/aromatic N) is 6. The summed E-state index contributed by atoms with van der Waals surface area (Å²) in [6.07, 6.45) is 5.41. The summed E-state index contributed by atoms with van der Waals surface area (Å²) in [6, 6.07) is 5.05. The summed E-state index contributed by atoms with van der Waals surface area (Å²) >= 11 is 18.1. The van der Waals surface area contributed by atoms with Crippen LogP contribution in [0.15, 0.2) is 47.6 Å². The minimum atomic E-state index is -0.993. The lowest BCUT2D eigenvalue weighted by atomic mass is 10.2. The second-order valence-electron chi connectivity index (χ2n) is 6.48. The third-order valence-corrected chi connectivity index (χ3v) is 5.37. The van der Waals surface area contributed by atoms with E-state index in [1.165, 1.54) is 10.9 Å². The molecule has 0 amide bonds. The quantitative estimate of drug-likeness (QED) is 0.424. The fraction of sp³-hybridized carbons (Fsp3) is 0.158. The van der Waals surface area contributed by atoms with Gasteiger partial charge in [0.25, 0.3) is 0 Å². The predicted molar refractivity (Wildman–Crippen MR) is 114 cm³/mol. The molecule has 1 N–H and O–H groups in total. The molecule has 4 rings (SSSR count). The molecule has 31 heavy (non-hydrogen) atoms. The van der Waals surface area contributed by atoms with Crippen LogP contribution in [0.25, 0.3) is 5.76 Å². The van der Waals surface area contributed by atoms with Crippen LogP contribution in [0.4, 0.5) is 0 Å². The summed E-state index contributed by atoms with van der Waals surface area (Å²) in [6.45, 7) is 0.136. The van der Waals surface area contributed by atoms with Gasteiger partial charge in [0.2, 0.25) is 5.76 Å². The summed E-state index contributed by atoms with van der Waals surface area (Å²) < 4.78 is 2.90. The minimum absolute atomic E-state index is 0.251. The van der Waals surface area contributed by atoms with Crippen molar-refractivity contribution < 1.29 is 14.7 Å². The van der Waals surface area contributed by atoms with E-state index in [2.05, 4.69) is 26.3 Å². The first kappa shape index (κ1) is 21.1. The highest BCUT2D eigenvalue weighted by molar-refractivity contribution is 6.48. The molecule has 0 saturated heterocycles. The largest absolute Gasteiger partial charge is 0.480 e. The van der Waals surface area contributed by atoms with Gasteiger partial charge in [-0.3, -0.25) is 9.48 Å². The van der Waals surface area contributed by atoms with Crippen molar-refractivity contribution in [2.75, 3.05) is 0 Å². The van der Waals surface area contributed by atoms with Crippen molar-refractivity contribution >= 4 is 52.2 Å². The van der Waals surface area contributed by atoms with E-state index in [9.17, 15) is 4.79 Å². The third kappa shape index (κ3) is 4.98. The monoisotopic (exact) mass is 478 g/mol. The van der Waals surface area contributed by atoms with Gasteiger partial charge in [0.1, 0.15) is 23.6 Å². The standard InChI is InChI=1S/C19H13Cl3N6O3/c20-12-6-11(7-13(21)19(12)22)8-28-9-16(23-26-28)14-2-1-3-17(31-25-14)15-4-5-27(24-15)10-18(29)30/h1,4-7,9H,2,8,10H2,(H,29,30). The number of allylic oxidation sites excluding steroid dienone is 1. The van der Waals surface area contributed by atoms with E-state index in [4.69, 9.17) is 44.7 Å². The van der Waals surface area contributed by atoms with Crippen LogP contribution in [-0.2, 0) is 22.7 Å². The first-order valence-corrected chi connectivity index (χ1v) is 10.0. The SMILES string of the molecule is O=C(O)Cn1ccc(C2=C=CCC(c3cn(Cc4cc(Cl)c(Cl)c(Cl)c4)nn3)=NO2)n1. The molecule has 3 aromatic rings. The van der Waals surface area contributed by atoms with Gasteiger partial charge in [-0.25, -0.2) is 4.68 Å². The lowest BCUT2D eigenvalue weighted by Crippen LogP contribution is -2.09. The molecule has 3 heterocycles. The first-order chi connectivity index (χ1) is 14.9. The maximum Gasteiger partial charge on any atom is 0.325 e. The lowest BCUT2D eigenvalue weighted by molar-refractivity contribution is -0.137. The van der Waals surface area contributed by atoms with Crippen LogP contribution in [0.1, 0.15) is 23.4 Å². The number of oxime groups is 1. The second-order valence-corrected chi connectivity index (χ2v) is 7.67. The zero-order chi connectivity index (χ0) is 22.0. The average molecular weight is 480 g/mol. The highest BCUT2D eigenvalue weighted by Crippen LogP contribution is 2.31. The summed E-state index contributed by atoms with van der Waals surface area (Å²) in [5, 5.41) is 26.4. The number of rotatable bonds is 6.